The lowest BCUT2D eigenvalue weighted by molar-refractivity contribution is -0.139. The van der Waals surface area contributed by atoms with E-state index in [-0.39, 0.29) is 11.7 Å². The standard InChI is InChI=1S/C17H19NO5S/c1-10-8-16(20)23-15-9-12(4-5-13(10)15)22-17(21)14(6-7-24-3)18-11(2)19/h4-5,8-9,14H,6-7H2,1-3H3,(H,18,19)/t14-/m1/s1. The van der Waals surface area contributed by atoms with E-state index in [1.54, 1.807) is 30.8 Å². The number of ether oxygens (including phenoxy) is 1. The SMILES string of the molecule is CSCC[C@@H](NC(C)=O)C(=O)Oc1ccc2c(C)cc(=O)oc2c1. The van der Waals surface area contributed by atoms with Gasteiger partial charge < -0.3 is 14.5 Å². The summed E-state index contributed by atoms with van der Waals surface area (Å²) in [4.78, 5) is 35.0. The van der Waals surface area contributed by atoms with Crippen LogP contribution in [0.15, 0.2) is 33.5 Å². The number of nitrogens with one attached hydrogen (secondary N) is 1. The van der Waals surface area contributed by atoms with Crippen LogP contribution in [0.1, 0.15) is 18.9 Å². The molecular formula is C17H19NO5S. The van der Waals surface area contributed by atoms with Gasteiger partial charge in [-0.1, -0.05) is 0 Å². The van der Waals surface area contributed by atoms with E-state index in [0.29, 0.717) is 17.8 Å². The molecule has 0 spiro atoms. The van der Waals surface area contributed by atoms with Crippen molar-refractivity contribution in [2.24, 2.45) is 0 Å². The molecule has 0 radical (unpaired) electrons. The van der Waals surface area contributed by atoms with Crippen molar-refractivity contribution in [2.75, 3.05) is 12.0 Å². The van der Waals surface area contributed by atoms with E-state index in [0.717, 1.165) is 10.9 Å². The van der Waals surface area contributed by atoms with Crippen LogP contribution < -0.4 is 15.7 Å². The van der Waals surface area contributed by atoms with Gasteiger partial charge in [-0.2, -0.15) is 11.8 Å². The largest absolute Gasteiger partial charge is 0.425 e. The number of hydrogen-bond acceptors (Lipinski definition) is 6. The van der Waals surface area contributed by atoms with Crippen molar-refractivity contribution in [1.82, 2.24) is 5.32 Å². The second kappa shape index (κ2) is 8.01. The lowest BCUT2D eigenvalue weighted by atomic mass is 10.1. The number of amides is 1. The Morgan fingerprint density at radius 3 is 2.75 bits per heavy atom. The Labute approximate surface area is 143 Å². The van der Waals surface area contributed by atoms with Crippen molar-refractivity contribution < 1.29 is 18.7 Å². The Balaban J connectivity index is 2.21. The Kier molecular flexibility index (Phi) is 6.03. The monoisotopic (exact) mass is 349 g/mol. The molecule has 1 atom stereocenters. The van der Waals surface area contributed by atoms with Crippen molar-refractivity contribution in [3.05, 3.63) is 40.2 Å². The fourth-order valence-electron chi connectivity index (χ4n) is 2.29. The smallest absolute Gasteiger partial charge is 0.336 e. The maximum absolute atomic E-state index is 12.3. The summed E-state index contributed by atoms with van der Waals surface area (Å²) in [7, 11) is 0. The lowest BCUT2D eigenvalue weighted by Crippen LogP contribution is -2.42. The summed E-state index contributed by atoms with van der Waals surface area (Å²) in [6.07, 6.45) is 2.39. The Bertz CT molecular complexity index is 814. The van der Waals surface area contributed by atoms with E-state index in [1.807, 2.05) is 6.26 Å². The minimum absolute atomic E-state index is 0.265. The topological polar surface area (TPSA) is 85.6 Å². The quantitative estimate of drug-likeness (QED) is 0.489. The van der Waals surface area contributed by atoms with Crippen LogP contribution in [0.5, 0.6) is 5.75 Å². The second-order valence-electron chi connectivity index (χ2n) is 5.36. The first-order chi connectivity index (χ1) is 11.4. The average molecular weight is 349 g/mol. The van der Waals surface area contributed by atoms with Gasteiger partial charge in [0.05, 0.1) is 0 Å². The molecule has 7 heteroatoms. The summed E-state index contributed by atoms with van der Waals surface area (Å²) >= 11 is 1.58. The minimum atomic E-state index is -0.713. The first-order valence-electron chi connectivity index (χ1n) is 7.43. The zero-order valence-electron chi connectivity index (χ0n) is 13.8. The number of thioether (sulfide) groups is 1. The van der Waals surface area contributed by atoms with Crippen molar-refractivity contribution in [2.45, 2.75) is 26.3 Å². The van der Waals surface area contributed by atoms with E-state index in [9.17, 15) is 14.4 Å². The molecule has 1 aromatic heterocycles. The van der Waals surface area contributed by atoms with Gasteiger partial charge >= 0.3 is 11.6 Å². The molecule has 0 aliphatic carbocycles. The van der Waals surface area contributed by atoms with Crippen molar-refractivity contribution in [3.63, 3.8) is 0 Å². The molecule has 2 aromatic rings. The zero-order valence-corrected chi connectivity index (χ0v) is 14.6. The summed E-state index contributed by atoms with van der Waals surface area (Å²) in [5.41, 5.74) is 0.681. The first kappa shape index (κ1) is 18.1. The average Bonchev–Trinajstić information content (AvgIpc) is 2.50. The summed E-state index contributed by atoms with van der Waals surface area (Å²) in [6.45, 7) is 3.16. The molecule has 1 aromatic carbocycles. The van der Waals surface area contributed by atoms with E-state index < -0.39 is 17.6 Å². The van der Waals surface area contributed by atoms with Crippen LogP contribution in [0.3, 0.4) is 0 Å². The minimum Gasteiger partial charge on any atom is -0.425 e. The molecule has 1 amide bonds. The highest BCUT2D eigenvalue weighted by Gasteiger charge is 2.21. The normalized spacial score (nSPS) is 12.0. The van der Waals surface area contributed by atoms with Gasteiger partial charge in [0.2, 0.25) is 5.91 Å². The van der Waals surface area contributed by atoms with Crippen LogP contribution in [-0.4, -0.2) is 29.9 Å². The van der Waals surface area contributed by atoms with E-state index in [4.69, 9.17) is 9.15 Å². The van der Waals surface area contributed by atoms with Crippen LogP contribution in [0.2, 0.25) is 0 Å². The highest BCUT2D eigenvalue weighted by Crippen LogP contribution is 2.22. The van der Waals surface area contributed by atoms with Gasteiger partial charge in [-0.05, 0) is 43.0 Å². The molecule has 2 rings (SSSR count). The molecule has 0 unspecified atom stereocenters. The predicted octanol–water partition coefficient (Wildman–Crippen LogP) is 2.26. The number of carbonyl (C=O) groups excluding carboxylic acids is 2. The summed E-state index contributed by atoms with van der Waals surface area (Å²) in [5, 5.41) is 3.36. The van der Waals surface area contributed by atoms with E-state index >= 15 is 0 Å². The molecule has 0 saturated carbocycles. The third-order valence-electron chi connectivity index (χ3n) is 3.41. The number of aryl methyl sites for hydroxylation is 1. The van der Waals surface area contributed by atoms with Gasteiger partial charge in [0.25, 0.3) is 0 Å². The fourth-order valence-corrected chi connectivity index (χ4v) is 2.76. The Morgan fingerprint density at radius 2 is 2.08 bits per heavy atom. The van der Waals surface area contributed by atoms with Gasteiger partial charge in [-0.25, -0.2) is 9.59 Å². The molecule has 1 N–H and O–H groups in total. The first-order valence-corrected chi connectivity index (χ1v) is 8.82. The molecular weight excluding hydrogens is 330 g/mol. The van der Waals surface area contributed by atoms with Crippen LogP contribution in [-0.2, 0) is 9.59 Å². The number of benzene rings is 1. The van der Waals surface area contributed by atoms with Crippen molar-refractivity contribution in [3.8, 4) is 5.75 Å². The molecule has 24 heavy (non-hydrogen) atoms. The number of hydrogen-bond donors (Lipinski definition) is 1. The molecule has 1 heterocycles. The molecule has 128 valence electrons. The summed E-state index contributed by atoms with van der Waals surface area (Å²) in [6, 6.07) is 5.55. The van der Waals surface area contributed by atoms with Crippen molar-refractivity contribution in [1.29, 1.82) is 0 Å². The summed E-state index contributed by atoms with van der Waals surface area (Å²) in [5.74, 6) is 0.138. The highest BCUT2D eigenvalue weighted by molar-refractivity contribution is 7.98. The van der Waals surface area contributed by atoms with Crippen LogP contribution in [0, 0.1) is 6.92 Å². The molecule has 0 aliphatic rings. The fraction of sp³-hybridized carbons (Fsp3) is 0.353. The van der Waals surface area contributed by atoms with Crippen molar-refractivity contribution >= 4 is 34.6 Å². The molecule has 0 saturated heterocycles. The third-order valence-corrected chi connectivity index (χ3v) is 4.06. The maximum atomic E-state index is 12.3. The van der Waals surface area contributed by atoms with Gasteiger partial charge in [-0.3, -0.25) is 4.79 Å². The van der Waals surface area contributed by atoms with Gasteiger partial charge in [0.1, 0.15) is 17.4 Å². The number of rotatable bonds is 6. The highest BCUT2D eigenvalue weighted by atomic mass is 32.2. The Hall–Kier alpha value is -2.28. The Morgan fingerprint density at radius 1 is 1.33 bits per heavy atom. The van der Waals surface area contributed by atoms with Gasteiger partial charge in [-0.15, -0.1) is 0 Å². The molecule has 6 nitrogen and oxygen atoms in total. The van der Waals surface area contributed by atoms with E-state index in [1.165, 1.54) is 19.1 Å². The maximum Gasteiger partial charge on any atom is 0.336 e. The molecule has 0 fully saturated rings. The van der Waals surface area contributed by atoms with E-state index in [2.05, 4.69) is 5.32 Å². The lowest BCUT2D eigenvalue weighted by Gasteiger charge is -2.16. The molecule has 0 aliphatic heterocycles. The third kappa shape index (κ3) is 4.61. The van der Waals surface area contributed by atoms with Crippen LogP contribution in [0.4, 0.5) is 0 Å². The summed E-state index contributed by atoms with van der Waals surface area (Å²) < 4.78 is 10.5. The number of carbonyl (C=O) groups is 2. The van der Waals surface area contributed by atoms with Crippen LogP contribution >= 0.6 is 11.8 Å². The zero-order chi connectivity index (χ0) is 17.7. The number of esters is 1. The second-order valence-corrected chi connectivity index (χ2v) is 6.35. The van der Waals surface area contributed by atoms with Gasteiger partial charge in [0, 0.05) is 24.4 Å². The number of fused-ring (bicyclic) bond motifs is 1. The molecule has 0 bridgehead atoms. The predicted molar refractivity (Wildman–Crippen MR) is 93.5 cm³/mol. The van der Waals surface area contributed by atoms with Crippen LogP contribution in [0.25, 0.3) is 11.0 Å². The van der Waals surface area contributed by atoms with Gasteiger partial charge in [0.15, 0.2) is 0 Å².